The van der Waals surface area contributed by atoms with Crippen molar-refractivity contribution >= 4 is 27.1 Å². The van der Waals surface area contributed by atoms with E-state index in [0.29, 0.717) is 41.5 Å². The Morgan fingerprint density at radius 3 is 2.32 bits per heavy atom. The lowest BCUT2D eigenvalue weighted by Gasteiger charge is -2.14. The Morgan fingerprint density at radius 1 is 1.00 bits per heavy atom. The van der Waals surface area contributed by atoms with Crippen LogP contribution in [0.5, 0.6) is 17.2 Å². The SMILES string of the molecule is CCOc1ccc(-c2nc(-c3cc(CS(C)(=O)=O)c(OC)c(C(=O)OC)c3)cs2)cc1OCC. The minimum atomic E-state index is -3.39. The van der Waals surface area contributed by atoms with Crippen molar-refractivity contribution in [2.75, 3.05) is 33.7 Å². The van der Waals surface area contributed by atoms with E-state index in [1.54, 1.807) is 12.1 Å². The minimum absolute atomic E-state index is 0.135. The Morgan fingerprint density at radius 2 is 1.71 bits per heavy atom. The number of benzene rings is 2. The molecule has 1 aromatic heterocycles. The van der Waals surface area contributed by atoms with Crippen LogP contribution < -0.4 is 14.2 Å². The molecule has 3 rings (SSSR count). The van der Waals surface area contributed by atoms with E-state index in [1.807, 2.05) is 37.4 Å². The van der Waals surface area contributed by atoms with Crippen molar-refractivity contribution in [1.82, 2.24) is 4.98 Å². The fourth-order valence-electron chi connectivity index (χ4n) is 3.45. The summed E-state index contributed by atoms with van der Waals surface area (Å²) in [5.74, 6) is 0.544. The van der Waals surface area contributed by atoms with Crippen LogP contribution in [0.1, 0.15) is 29.8 Å². The molecule has 0 fully saturated rings. The Bertz CT molecular complexity index is 1280. The molecule has 182 valence electrons. The number of esters is 1. The van der Waals surface area contributed by atoms with Crippen LogP contribution in [0.25, 0.3) is 21.8 Å². The zero-order chi connectivity index (χ0) is 24.9. The van der Waals surface area contributed by atoms with E-state index < -0.39 is 15.8 Å². The van der Waals surface area contributed by atoms with Gasteiger partial charge in [-0.2, -0.15) is 0 Å². The molecule has 0 radical (unpaired) electrons. The van der Waals surface area contributed by atoms with Gasteiger partial charge in [0, 0.05) is 28.3 Å². The molecule has 0 spiro atoms. The third kappa shape index (κ3) is 5.87. The molecular weight excluding hydrogens is 478 g/mol. The molecule has 0 aliphatic heterocycles. The van der Waals surface area contributed by atoms with E-state index in [2.05, 4.69) is 0 Å². The van der Waals surface area contributed by atoms with Crippen molar-refractivity contribution < 1.29 is 32.2 Å². The van der Waals surface area contributed by atoms with Gasteiger partial charge < -0.3 is 18.9 Å². The zero-order valence-electron chi connectivity index (χ0n) is 19.7. The number of methoxy groups -OCH3 is 2. The van der Waals surface area contributed by atoms with Crippen molar-refractivity contribution in [3.63, 3.8) is 0 Å². The van der Waals surface area contributed by atoms with Crippen LogP contribution in [-0.4, -0.2) is 53.1 Å². The number of aromatic nitrogens is 1. The van der Waals surface area contributed by atoms with Gasteiger partial charge >= 0.3 is 5.97 Å². The molecule has 8 nitrogen and oxygen atoms in total. The summed E-state index contributed by atoms with van der Waals surface area (Å²) >= 11 is 1.42. The fraction of sp³-hybridized carbons (Fsp3) is 0.333. The number of hydrogen-bond acceptors (Lipinski definition) is 9. The number of ether oxygens (including phenoxy) is 4. The third-order valence-electron chi connectivity index (χ3n) is 4.78. The highest BCUT2D eigenvalue weighted by Gasteiger charge is 2.22. The van der Waals surface area contributed by atoms with Gasteiger partial charge in [-0.15, -0.1) is 11.3 Å². The van der Waals surface area contributed by atoms with Gasteiger partial charge in [-0.05, 0) is 44.2 Å². The lowest BCUT2D eigenvalue weighted by Crippen LogP contribution is -2.09. The molecule has 0 aliphatic carbocycles. The Hall–Kier alpha value is -3.11. The van der Waals surface area contributed by atoms with Gasteiger partial charge in [0.1, 0.15) is 16.3 Å². The first kappa shape index (κ1) is 25.5. The second-order valence-electron chi connectivity index (χ2n) is 7.34. The number of carbonyl (C=O) groups is 1. The smallest absolute Gasteiger partial charge is 0.341 e. The summed E-state index contributed by atoms with van der Waals surface area (Å²) in [6.07, 6.45) is 1.12. The first-order chi connectivity index (χ1) is 16.2. The first-order valence-electron chi connectivity index (χ1n) is 10.5. The van der Waals surface area contributed by atoms with Crippen molar-refractivity contribution in [3.05, 3.63) is 46.8 Å². The van der Waals surface area contributed by atoms with Crippen LogP contribution in [0.3, 0.4) is 0 Å². The van der Waals surface area contributed by atoms with Crippen molar-refractivity contribution in [2.24, 2.45) is 0 Å². The number of rotatable bonds is 10. The third-order valence-corrected chi connectivity index (χ3v) is 6.51. The van der Waals surface area contributed by atoms with Crippen LogP contribution in [0.2, 0.25) is 0 Å². The van der Waals surface area contributed by atoms with Crippen LogP contribution >= 0.6 is 11.3 Å². The number of carbonyl (C=O) groups excluding carboxylic acids is 1. The van der Waals surface area contributed by atoms with Gasteiger partial charge in [-0.1, -0.05) is 0 Å². The summed E-state index contributed by atoms with van der Waals surface area (Å²) in [7, 11) is -0.748. The average molecular weight is 506 g/mol. The van der Waals surface area contributed by atoms with E-state index in [0.717, 1.165) is 16.8 Å². The van der Waals surface area contributed by atoms with Gasteiger partial charge in [-0.25, -0.2) is 18.2 Å². The Labute approximate surface area is 203 Å². The highest BCUT2D eigenvalue weighted by atomic mass is 32.2. The molecule has 10 heteroatoms. The molecule has 0 N–H and O–H groups in total. The van der Waals surface area contributed by atoms with E-state index in [9.17, 15) is 13.2 Å². The monoisotopic (exact) mass is 505 g/mol. The predicted molar refractivity (Wildman–Crippen MR) is 132 cm³/mol. The van der Waals surface area contributed by atoms with Crippen molar-refractivity contribution in [3.8, 4) is 39.1 Å². The van der Waals surface area contributed by atoms with Gasteiger partial charge in [0.2, 0.25) is 0 Å². The molecule has 0 atom stereocenters. The van der Waals surface area contributed by atoms with Gasteiger partial charge in [0.25, 0.3) is 0 Å². The van der Waals surface area contributed by atoms with Crippen LogP contribution in [-0.2, 0) is 20.3 Å². The summed E-state index contributed by atoms with van der Waals surface area (Å²) < 4.78 is 45.6. The lowest BCUT2D eigenvalue weighted by molar-refractivity contribution is 0.0597. The van der Waals surface area contributed by atoms with Crippen molar-refractivity contribution in [1.29, 1.82) is 0 Å². The van der Waals surface area contributed by atoms with E-state index in [4.69, 9.17) is 23.9 Å². The maximum atomic E-state index is 12.4. The molecule has 0 aliphatic rings. The van der Waals surface area contributed by atoms with Crippen molar-refractivity contribution in [2.45, 2.75) is 19.6 Å². The van der Waals surface area contributed by atoms with Gasteiger partial charge in [-0.3, -0.25) is 0 Å². The number of sulfone groups is 1. The summed E-state index contributed by atoms with van der Waals surface area (Å²) in [6, 6.07) is 8.89. The second kappa shape index (κ2) is 10.9. The first-order valence-corrected chi connectivity index (χ1v) is 13.5. The Kier molecular flexibility index (Phi) is 8.16. The number of hydrogen-bond donors (Lipinski definition) is 0. The molecule has 34 heavy (non-hydrogen) atoms. The molecule has 0 bridgehead atoms. The van der Waals surface area contributed by atoms with E-state index >= 15 is 0 Å². The van der Waals surface area contributed by atoms with Gasteiger partial charge in [0.05, 0.1) is 38.9 Å². The normalized spacial score (nSPS) is 11.2. The number of thiazole rings is 1. The molecule has 0 unspecified atom stereocenters. The predicted octanol–water partition coefficient (Wildman–Crippen LogP) is 4.61. The maximum absolute atomic E-state index is 12.4. The maximum Gasteiger partial charge on any atom is 0.341 e. The van der Waals surface area contributed by atoms with E-state index in [1.165, 1.54) is 25.6 Å². The highest BCUT2D eigenvalue weighted by molar-refractivity contribution is 7.89. The average Bonchev–Trinajstić information content (AvgIpc) is 3.29. The number of nitrogens with zero attached hydrogens (tertiary/aromatic N) is 1. The largest absolute Gasteiger partial charge is 0.496 e. The minimum Gasteiger partial charge on any atom is -0.496 e. The quantitative estimate of drug-likeness (QED) is 0.368. The summed E-state index contributed by atoms with van der Waals surface area (Å²) in [6.45, 7) is 4.83. The van der Waals surface area contributed by atoms with Crippen LogP contribution in [0.15, 0.2) is 35.7 Å². The molecule has 3 aromatic rings. The Balaban J connectivity index is 2.08. The summed E-state index contributed by atoms with van der Waals surface area (Å²) in [5, 5.41) is 2.58. The highest BCUT2D eigenvalue weighted by Crippen LogP contribution is 2.37. The van der Waals surface area contributed by atoms with Gasteiger partial charge in [0.15, 0.2) is 21.3 Å². The topological polar surface area (TPSA) is 101 Å². The lowest BCUT2D eigenvalue weighted by atomic mass is 10.0. The van der Waals surface area contributed by atoms with Crippen LogP contribution in [0.4, 0.5) is 0 Å². The van der Waals surface area contributed by atoms with Crippen LogP contribution in [0, 0.1) is 0 Å². The molecular formula is C24H27NO7S2. The summed E-state index contributed by atoms with van der Waals surface area (Å²) in [4.78, 5) is 17.1. The molecule has 0 saturated heterocycles. The molecule has 0 saturated carbocycles. The van der Waals surface area contributed by atoms with E-state index in [-0.39, 0.29) is 17.1 Å². The zero-order valence-corrected chi connectivity index (χ0v) is 21.3. The molecule has 2 aromatic carbocycles. The standard InChI is InChI=1S/C24H27NO7S2/c1-6-31-20-9-8-15(12-21(20)32-7-2)23-25-19(13-33-23)16-10-17(14-34(5,27)28)22(29-3)18(11-16)24(26)30-4/h8-13H,6-7,14H2,1-5H3. The fourth-order valence-corrected chi connectivity index (χ4v) is 5.06. The molecule has 1 heterocycles. The molecule has 0 amide bonds. The second-order valence-corrected chi connectivity index (χ2v) is 10.3. The summed E-state index contributed by atoms with van der Waals surface area (Å²) in [5.41, 5.74) is 2.52.